The lowest BCUT2D eigenvalue weighted by Gasteiger charge is -1.98. The number of hydrogen-bond acceptors (Lipinski definition) is 3. The summed E-state index contributed by atoms with van der Waals surface area (Å²) in [6.45, 7) is 2.23. The van der Waals surface area contributed by atoms with Crippen LogP contribution in [0, 0.1) is 0 Å². The summed E-state index contributed by atoms with van der Waals surface area (Å²) < 4.78 is 0. The molecule has 0 rings (SSSR count). The van der Waals surface area contributed by atoms with Gasteiger partial charge in [0.1, 0.15) is 0 Å². The lowest BCUT2D eigenvalue weighted by molar-refractivity contribution is -0.210. The average molecular weight is 308 g/mol. The van der Waals surface area contributed by atoms with Crippen molar-refractivity contribution in [2.24, 2.45) is 0 Å². The third-order valence-electron chi connectivity index (χ3n) is 3.11. The van der Waals surface area contributed by atoms with Crippen LogP contribution >= 0.6 is 0 Å². The molecule has 0 aliphatic heterocycles. The number of carboxylic acid groups (broad SMARTS) is 1. The molecule has 4 heteroatoms. The SMILES string of the molecule is CCCCCCCCCC=CC=CC=CC=C(OO)C(=O)O. The van der Waals surface area contributed by atoms with Crippen molar-refractivity contribution >= 4 is 5.97 Å². The Morgan fingerprint density at radius 1 is 0.909 bits per heavy atom. The molecule has 2 N–H and O–H groups in total. The molecule has 0 aromatic heterocycles. The van der Waals surface area contributed by atoms with Gasteiger partial charge in [-0.1, -0.05) is 81.9 Å². The highest BCUT2D eigenvalue weighted by molar-refractivity contribution is 5.84. The summed E-state index contributed by atoms with van der Waals surface area (Å²) in [7, 11) is 0. The van der Waals surface area contributed by atoms with Crippen molar-refractivity contribution in [3.05, 3.63) is 48.3 Å². The van der Waals surface area contributed by atoms with Gasteiger partial charge in [0.15, 0.2) is 0 Å². The Labute approximate surface area is 133 Å². The van der Waals surface area contributed by atoms with Crippen LogP contribution in [-0.4, -0.2) is 16.3 Å². The molecule has 22 heavy (non-hydrogen) atoms. The first kappa shape index (κ1) is 20.2. The van der Waals surface area contributed by atoms with E-state index in [-0.39, 0.29) is 0 Å². The normalized spacial score (nSPS) is 12.7. The van der Waals surface area contributed by atoms with Crippen LogP contribution in [0.5, 0.6) is 0 Å². The average Bonchev–Trinajstić information content (AvgIpc) is 2.51. The lowest BCUT2D eigenvalue weighted by atomic mass is 10.1. The molecule has 0 heterocycles. The smallest absolute Gasteiger partial charge is 0.375 e. The van der Waals surface area contributed by atoms with E-state index in [4.69, 9.17) is 10.4 Å². The van der Waals surface area contributed by atoms with Crippen molar-refractivity contribution in [2.75, 3.05) is 0 Å². The van der Waals surface area contributed by atoms with Crippen LogP contribution in [0.25, 0.3) is 0 Å². The molecule has 0 saturated heterocycles. The van der Waals surface area contributed by atoms with E-state index < -0.39 is 11.7 Å². The zero-order valence-corrected chi connectivity index (χ0v) is 13.4. The van der Waals surface area contributed by atoms with Crippen molar-refractivity contribution in [3.8, 4) is 0 Å². The molecule has 0 saturated carbocycles. The Kier molecular flexibility index (Phi) is 14.3. The van der Waals surface area contributed by atoms with E-state index in [0.717, 1.165) is 6.42 Å². The van der Waals surface area contributed by atoms with Gasteiger partial charge in [-0.05, 0) is 18.9 Å². The van der Waals surface area contributed by atoms with E-state index in [1.807, 2.05) is 12.2 Å². The summed E-state index contributed by atoms with van der Waals surface area (Å²) in [6.07, 6.45) is 22.4. The largest absolute Gasteiger partial charge is 0.475 e. The summed E-state index contributed by atoms with van der Waals surface area (Å²) in [5, 5.41) is 16.8. The molecular formula is C18H28O4. The highest BCUT2D eigenvalue weighted by atomic mass is 17.1. The minimum atomic E-state index is -1.31. The topological polar surface area (TPSA) is 66.8 Å². The highest BCUT2D eigenvalue weighted by Crippen LogP contribution is 2.08. The van der Waals surface area contributed by atoms with E-state index in [9.17, 15) is 4.79 Å². The Morgan fingerprint density at radius 3 is 2.14 bits per heavy atom. The van der Waals surface area contributed by atoms with Gasteiger partial charge in [0, 0.05) is 0 Å². The minimum absolute atomic E-state index is 0.515. The Hall–Kier alpha value is -1.81. The van der Waals surface area contributed by atoms with Crippen molar-refractivity contribution in [3.63, 3.8) is 0 Å². The van der Waals surface area contributed by atoms with Gasteiger partial charge in [0.25, 0.3) is 0 Å². The molecular weight excluding hydrogens is 280 g/mol. The van der Waals surface area contributed by atoms with E-state index >= 15 is 0 Å². The first-order valence-electron chi connectivity index (χ1n) is 7.97. The van der Waals surface area contributed by atoms with Crippen molar-refractivity contribution < 1.29 is 20.0 Å². The van der Waals surface area contributed by atoms with E-state index in [1.165, 1.54) is 57.1 Å². The standard InChI is InChI=1S/C18H28O4/c1-2-3-4-5-6-7-8-9-10-11-12-13-14-15-16-17(22-21)18(19)20/h10-16,21H,2-9H2,1H3,(H,19,20). The first-order valence-corrected chi connectivity index (χ1v) is 7.97. The van der Waals surface area contributed by atoms with Crippen molar-refractivity contribution in [2.45, 2.75) is 58.3 Å². The monoisotopic (exact) mass is 308 g/mol. The molecule has 0 unspecified atom stereocenters. The van der Waals surface area contributed by atoms with Crippen LogP contribution in [0.2, 0.25) is 0 Å². The predicted molar refractivity (Wildman–Crippen MR) is 89.5 cm³/mol. The number of carboxylic acids is 1. The quantitative estimate of drug-likeness (QED) is 0.122. The zero-order valence-electron chi connectivity index (χ0n) is 13.4. The summed E-state index contributed by atoms with van der Waals surface area (Å²) in [4.78, 5) is 14.2. The van der Waals surface area contributed by atoms with Crippen molar-refractivity contribution in [1.82, 2.24) is 0 Å². The molecule has 0 spiro atoms. The third kappa shape index (κ3) is 13.2. The summed E-state index contributed by atoms with van der Waals surface area (Å²) in [5.41, 5.74) is 0. The second kappa shape index (κ2) is 15.6. The Balaban J connectivity index is 3.66. The summed E-state index contributed by atoms with van der Waals surface area (Å²) >= 11 is 0. The maximum atomic E-state index is 10.5. The highest BCUT2D eigenvalue weighted by Gasteiger charge is 2.05. The molecule has 0 atom stereocenters. The minimum Gasteiger partial charge on any atom is -0.475 e. The van der Waals surface area contributed by atoms with E-state index in [0.29, 0.717) is 0 Å². The number of rotatable bonds is 13. The van der Waals surface area contributed by atoms with Crippen LogP contribution in [0.4, 0.5) is 0 Å². The molecule has 0 bridgehead atoms. The maximum Gasteiger partial charge on any atom is 0.375 e. The van der Waals surface area contributed by atoms with Gasteiger partial charge in [-0.25, -0.2) is 10.1 Å². The van der Waals surface area contributed by atoms with Gasteiger partial charge in [-0.3, -0.25) is 0 Å². The van der Waals surface area contributed by atoms with Crippen LogP contribution < -0.4 is 0 Å². The summed E-state index contributed by atoms with van der Waals surface area (Å²) in [5.74, 6) is -1.83. The van der Waals surface area contributed by atoms with Crippen molar-refractivity contribution in [1.29, 1.82) is 0 Å². The molecule has 0 aromatic rings. The number of allylic oxidation sites excluding steroid dienone is 7. The maximum absolute atomic E-state index is 10.5. The van der Waals surface area contributed by atoms with Gasteiger partial charge < -0.3 is 9.99 Å². The molecule has 0 amide bonds. The van der Waals surface area contributed by atoms with E-state index in [2.05, 4.69) is 17.9 Å². The Morgan fingerprint density at radius 2 is 1.50 bits per heavy atom. The molecule has 0 radical (unpaired) electrons. The van der Waals surface area contributed by atoms with Crippen LogP contribution in [-0.2, 0) is 9.68 Å². The van der Waals surface area contributed by atoms with Gasteiger partial charge in [0.05, 0.1) is 0 Å². The molecule has 0 aromatic carbocycles. The lowest BCUT2D eigenvalue weighted by Crippen LogP contribution is -2.01. The predicted octanol–water partition coefficient (Wildman–Crippen LogP) is 5.25. The second-order valence-corrected chi connectivity index (χ2v) is 5.04. The fourth-order valence-electron chi connectivity index (χ4n) is 1.87. The number of hydrogen-bond donors (Lipinski definition) is 2. The van der Waals surface area contributed by atoms with Crippen LogP contribution in [0.3, 0.4) is 0 Å². The van der Waals surface area contributed by atoms with Gasteiger partial charge in [-0.2, -0.15) is 0 Å². The van der Waals surface area contributed by atoms with Crippen LogP contribution in [0.15, 0.2) is 48.3 Å². The number of unbranched alkanes of at least 4 members (excludes halogenated alkanes) is 7. The van der Waals surface area contributed by atoms with E-state index in [1.54, 1.807) is 12.2 Å². The molecule has 0 aliphatic rings. The van der Waals surface area contributed by atoms with Gasteiger partial charge in [0.2, 0.25) is 5.76 Å². The third-order valence-corrected chi connectivity index (χ3v) is 3.11. The molecule has 0 fully saturated rings. The Bertz CT molecular complexity index is 392. The fourth-order valence-corrected chi connectivity index (χ4v) is 1.87. The molecule has 0 aliphatic carbocycles. The number of carbonyl (C=O) groups is 1. The first-order chi connectivity index (χ1) is 10.7. The van der Waals surface area contributed by atoms with Gasteiger partial charge >= 0.3 is 5.97 Å². The zero-order chi connectivity index (χ0) is 16.5. The summed E-state index contributed by atoms with van der Waals surface area (Å²) in [6, 6.07) is 0. The van der Waals surface area contributed by atoms with Crippen LogP contribution in [0.1, 0.15) is 58.3 Å². The fraction of sp³-hybridized carbons (Fsp3) is 0.500. The van der Waals surface area contributed by atoms with Gasteiger partial charge in [-0.15, -0.1) is 0 Å². The number of aliphatic carboxylic acids is 1. The molecule has 4 nitrogen and oxygen atoms in total. The second-order valence-electron chi connectivity index (χ2n) is 5.04. The molecule has 124 valence electrons.